The van der Waals surface area contributed by atoms with Crippen LogP contribution in [0.1, 0.15) is 34.0 Å². The van der Waals surface area contributed by atoms with Crippen LogP contribution < -0.4 is 10.6 Å². The van der Waals surface area contributed by atoms with Crippen LogP contribution in [-0.2, 0) is 11.8 Å². The van der Waals surface area contributed by atoms with Crippen molar-refractivity contribution in [3.63, 3.8) is 0 Å². The van der Waals surface area contributed by atoms with Gasteiger partial charge in [-0.15, -0.1) is 0 Å². The zero-order valence-corrected chi connectivity index (χ0v) is 15.0. The third-order valence-corrected chi connectivity index (χ3v) is 5.03. The third-order valence-electron chi connectivity index (χ3n) is 5.03. The number of benzene rings is 1. The van der Waals surface area contributed by atoms with Crippen LogP contribution in [0.3, 0.4) is 0 Å². The number of fused-ring (bicyclic) bond motifs is 2. The number of aromatic nitrogens is 3. The number of carbonyl (C=O) groups excluding carboxylic acids is 2. The molecule has 0 unspecified atom stereocenters. The molecule has 4 heterocycles. The summed E-state index contributed by atoms with van der Waals surface area (Å²) >= 11 is 0. The van der Waals surface area contributed by atoms with Crippen molar-refractivity contribution in [1.29, 1.82) is 0 Å². The van der Waals surface area contributed by atoms with Crippen LogP contribution in [0.4, 0.5) is 11.6 Å². The molecule has 8 heteroatoms. The number of aromatic amines is 1. The molecule has 1 aliphatic rings. The number of amides is 2. The van der Waals surface area contributed by atoms with E-state index in [2.05, 4.69) is 20.7 Å². The van der Waals surface area contributed by atoms with Gasteiger partial charge in [-0.25, -0.2) is 0 Å². The van der Waals surface area contributed by atoms with Gasteiger partial charge < -0.3 is 20.0 Å². The van der Waals surface area contributed by atoms with Crippen LogP contribution in [0.5, 0.6) is 0 Å². The van der Waals surface area contributed by atoms with Gasteiger partial charge in [-0.3, -0.25) is 14.3 Å². The van der Waals surface area contributed by atoms with E-state index in [0.717, 1.165) is 16.5 Å². The Hall–Kier alpha value is -3.81. The van der Waals surface area contributed by atoms with Gasteiger partial charge in [-0.2, -0.15) is 5.10 Å². The zero-order valence-electron chi connectivity index (χ0n) is 15.0. The fourth-order valence-corrected chi connectivity index (χ4v) is 3.75. The summed E-state index contributed by atoms with van der Waals surface area (Å²) in [5, 5.41) is 11.0. The Morgan fingerprint density at radius 1 is 1.29 bits per heavy atom. The SMILES string of the molecule is Cn1nc(NC(=O)c2c[nH]c3ccccc23)c2c1NC(=O)C[C@@H]2c1ccco1. The Balaban J connectivity index is 1.56. The Labute approximate surface area is 159 Å². The van der Waals surface area contributed by atoms with E-state index in [4.69, 9.17) is 4.42 Å². The molecule has 0 radical (unpaired) electrons. The van der Waals surface area contributed by atoms with Crippen molar-refractivity contribution in [2.24, 2.45) is 7.05 Å². The maximum absolute atomic E-state index is 13.0. The lowest BCUT2D eigenvalue weighted by molar-refractivity contribution is -0.116. The van der Waals surface area contributed by atoms with Gasteiger partial charge in [0.2, 0.25) is 5.91 Å². The van der Waals surface area contributed by atoms with E-state index >= 15 is 0 Å². The molecule has 3 aromatic heterocycles. The topological polar surface area (TPSA) is 105 Å². The molecule has 0 aliphatic carbocycles. The van der Waals surface area contributed by atoms with E-state index < -0.39 is 0 Å². The third kappa shape index (κ3) is 2.50. The molecule has 0 saturated carbocycles. The number of hydrogen-bond donors (Lipinski definition) is 3. The molecule has 0 spiro atoms. The number of nitrogens with zero attached hydrogens (tertiary/aromatic N) is 2. The quantitative estimate of drug-likeness (QED) is 0.511. The first-order valence-electron chi connectivity index (χ1n) is 8.89. The summed E-state index contributed by atoms with van der Waals surface area (Å²) in [4.78, 5) is 28.2. The molecule has 0 saturated heterocycles. The molecular weight excluding hydrogens is 358 g/mol. The molecule has 8 nitrogen and oxygen atoms in total. The average molecular weight is 375 g/mol. The van der Waals surface area contributed by atoms with Gasteiger partial charge in [0.25, 0.3) is 5.91 Å². The predicted octanol–water partition coefficient (Wildman–Crippen LogP) is 3.22. The molecule has 0 fully saturated rings. The van der Waals surface area contributed by atoms with Crippen molar-refractivity contribution in [1.82, 2.24) is 14.8 Å². The normalized spacial score (nSPS) is 16.0. The fraction of sp³-hybridized carbons (Fsp3) is 0.150. The van der Waals surface area contributed by atoms with E-state index in [-0.39, 0.29) is 24.2 Å². The highest BCUT2D eigenvalue weighted by Crippen LogP contribution is 2.41. The number of anilines is 2. The minimum Gasteiger partial charge on any atom is -0.469 e. The minimum absolute atomic E-state index is 0.119. The van der Waals surface area contributed by atoms with E-state index in [1.807, 2.05) is 30.3 Å². The van der Waals surface area contributed by atoms with Crippen LogP contribution in [0.2, 0.25) is 0 Å². The van der Waals surface area contributed by atoms with Gasteiger partial charge in [0.1, 0.15) is 11.6 Å². The van der Waals surface area contributed by atoms with Crippen LogP contribution in [0, 0.1) is 0 Å². The second-order valence-electron chi connectivity index (χ2n) is 6.76. The van der Waals surface area contributed by atoms with Crippen LogP contribution in [-0.4, -0.2) is 26.6 Å². The summed E-state index contributed by atoms with van der Waals surface area (Å²) in [6, 6.07) is 11.2. The molecule has 0 bridgehead atoms. The molecule has 28 heavy (non-hydrogen) atoms. The monoisotopic (exact) mass is 375 g/mol. The zero-order chi connectivity index (χ0) is 19.3. The number of nitrogens with one attached hydrogen (secondary N) is 3. The number of aryl methyl sites for hydroxylation is 1. The Bertz CT molecular complexity index is 1200. The molecule has 1 aliphatic heterocycles. The Kier molecular flexibility index (Phi) is 3.58. The molecule has 140 valence electrons. The van der Waals surface area contributed by atoms with Crippen LogP contribution in [0.25, 0.3) is 10.9 Å². The number of rotatable bonds is 3. The van der Waals surface area contributed by atoms with Gasteiger partial charge in [0, 0.05) is 30.6 Å². The van der Waals surface area contributed by atoms with Crippen molar-refractivity contribution >= 4 is 34.4 Å². The number of hydrogen-bond acceptors (Lipinski definition) is 4. The Morgan fingerprint density at radius 2 is 2.14 bits per heavy atom. The van der Waals surface area contributed by atoms with E-state index in [1.165, 1.54) is 0 Å². The van der Waals surface area contributed by atoms with Crippen molar-refractivity contribution in [3.8, 4) is 0 Å². The smallest absolute Gasteiger partial charge is 0.259 e. The largest absolute Gasteiger partial charge is 0.469 e. The second kappa shape index (κ2) is 6.12. The lowest BCUT2D eigenvalue weighted by Gasteiger charge is -2.22. The molecule has 3 N–H and O–H groups in total. The number of para-hydroxylation sites is 1. The second-order valence-corrected chi connectivity index (χ2v) is 6.76. The molecular formula is C20H17N5O3. The summed E-state index contributed by atoms with van der Waals surface area (Å²) in [6.45, 7) is 0. The maximum atomic E-state index is 13.0. The first-order chi connectivity index (χ1) is 13.6. The lowest BCUT2D eigenvalue weighted by Crippen LogP contribution is -2.25. The van der Waals surface area contributed by atoms with Gasteiger partial charge in [0.05, 0.1) is 23.3 Å². The van der Waals surface area contributed by atoms with Gasteiger partial charge in [0.15, 0.2) is 5.82 Å². The van der Waals surface area contributed by atoms with Gasteiger partial charge in [-0.1, -0.05) is 18.2 Å². The summed E-state index contributed by atoms with van der Waals surface area (Å²) in [5.74, 6) is 0.929. The summed E-state index contributed by atoms with van der Waals surface area (Å²) in [6.07, 6.45) is 3.48. The van der Waals surface area contributed by atoms with Gasteiger partial charge in [-0.05, 0) is 18.2 Å². The number of carbonyl (C=O) groups is 2. The highest BCUT2D eigenvalue weighted by molar-refractivity contribution is 6.13. The van der Waals surface area contributed by atoms with Crippen molar-refractivity contribution < 1.29 is 14.0 Å². The van der Waals surface area contributed by atoms with Crippen molar-refractivity contribution in [2.45, 2.75) is 12.3 Å². The summed E-state index contributed by atoms with van der Waals surface area (Å²) in [7, 11) is 1.73. The van der Waals surface area contributed by atoms with E-state index in [0.29, 0.717) is 23.0 Å². The molecule has 2 amide bonds. The average Bonchev–Trinajstić information content (AvgIpc) is 3.41. The highest BCUT2D eigenvalue weighted by Gasteiger charge is 2.35. The van der Waals surface area contributed by atoms with Crippen LogP contribution >= 0.6 is 0 Å². The molecule has 4 aromatic rings. The molecule has 1 aromatic carbocycles. The fourth-order valence-electron chi connectivity index (χ4n) is 3.75. The highest BCUT2D eigenvalue weighted by atomic mass is 16.3. The molecule has 1 atom stereocenters. The Morgan fingerprint density at radius 3 is 2.96 bits per heavy atom. The summed E-state index contributed by atoms with van der Waals surface area (Å²) in [5.41, 5.74) is 2.16. The first kappa shape index (κ1) is 16.4. The van der Waals surface area contributed by atoms with Crippen LogP contribution in [0.15, 0.2) is 53.3 Å². The molecule has 5 rings (SSSR count). The number of furan rings is 1. The van der Waals surface area contributed by atoms with Crippen molar-refractivity contribution in [3.05, 3.63) is 65.7 Å². The van der Waals surface area contributed by atoms with Crippen molar-refractivity contribution in [2.75, 3.05) is 10.6 Å². The van der Waals surface area contributed by atoms with Gasteiger partial charge >= 0.3 is 0 Å². The predicted molar refractivity (Wildman–Crippen MR) is 103 cm³/mol. The van der Waals surface area contributed by atoms with E-state index in [1.54, 1.807) is 30.3 Å². The first-order valence-corrected chi connectivity index (χ1v) is 8.89. The lowest BCUT2D eigenvalue weighted by atomic mass is 9.91. The maximum Gasteiger partial charge on any atom is 0.259 e. The summed E-state index contributed by atoms with van der Waals surface area (Å²) < 4.78 is 7.11. The standard InChI is InChI=1S/C20H17N5O3/c1-25-19-17(12(9-16(26)22-19)15-7-4-8-28-15)18(24-25)23-20(27)13-10-21-14-6-3-2-5-11(13)14/h2-8,10,12,21H,9H2,1H3,(H,22,26)(H,23,24,27)/t12-/m1/s1. The minimum atomic E-state index is -0.314. The van der Waals surface area contributed by atoms with E-state index in [9.17, 15) is 9.59 Å². The number of H-pyrrole nitrogens is 1.